The van der Waals surface area contributed by atoms with Crippen LogP contribution in [0, 0.1) is 0 Å². The maximum Gasteiger partial charge on any atom is 0.220 e. The Kier molecular flexibility index (Phi) is 6.50. The number of benzene rings is 3. The highest BCUT2D eigenvalue weighted by Gasteiger charge is 2.12. The van der Waals surface area contributed by atoms with Gasteiger partial charge < -0.3 is 19.5 Å². The zero-order valence-electron chi connectivity index (χ0n) is 16.8. The van der Waals surface area contributed by atoms with Crippen LogP contribution in [0.25, 0.3) is 0 Å². The van der Waals surface area contributed by atoms with E-state index < -0.39 is 0 Å². The quantitative estimate of drug-likeness (QED) is 0.610. The van der Waals surface area contributed by atoms with Gasteiger partial charge in [-0.3, -0.25) is 4.79 Å². The second-order valence-corrected chi connectivity index (χ2v) is 7.17. The van der Waals surface area contributed by atoms with Gasteiger partial charge in [-0.2, -0.15) is 0 Å². The topological polar surface area (TPSA) is 56.8 Å². The van der Waals surface area contributed by atoms with Gasteiger partial charge >= 0.3 is 0 Å². The standard InChI is InChI=1S/C25H25NO4/c27-25(13-9-19-8-12-23-24(16-19)29-15-14-28-23)26-17-20-6-10-22(11-7-20)30-18-21-4-2-1-3-5-21/h1-8,10-12,16H,9,13-15,17-18H2,(H,26,27). The fraction of sp³-hybridized carbons (Fsp3) is 0.240. The molecule has 1 N–H and O–H groups in total. The summed E-state index contributed by atoms with van der Waals surface area (Å²) in [7, 11) is 0. The first-order valence-corrected chi connectivity index (χ1v) is 10.2. The number of rotatable bonds is 8. The molecule has 0 spiro atoms. The molecule has 0 atom stereocenters. The van der Waals surface area contributed by atoms with E-state index in [0.29, 0.717) is 39.2 Å². The lowest BCUT2D eigenvalue weighted by atomic mass is 10.1. The highest BCUT2D eigenvalue weighted by atomic mass is 16.6. The molecule has 0 aromatic heterocycles. The fourth-order valence-corrected chi connectivity index (χ4v) is 3.23. The molecule has 0 fully saturated rings. The molecular weight excluding hydrogens is 378 g/mol. The molecule has 4 rings (SSSR count). The van der Waals surface area contributed by atoms with E-state index in [4.69, 9.17) is 14.2 Å². The largest absolute Gasteiger partial charge is 0.489 e. The minimum atomic E-state index is 0.0225. The average Bonchev–Trinajstić information content (AvgIpc) is 2.81. The number of carbonyl (C=O) groups is 1. The van der Waals surface area contributed by atoms with E-state index in [-0.39, 0.29) is 5.91 Å². The highest BCUT2D eigenvalue weighted by molar-refractivity contribution is 5.76. The SMILES string of the molecule is O=C(CCc1ccc2c(c1)OCCO2)NCc1ccc(OCc2ccccc2)cc1. The molecular formula is C25H25NO4. The second-order valence-electron chi connectivity index (χ2n) is 7.17. The van der Waals surface area contributed by atoms with Gasteiger partial charge in [0.05, 0.1) is 0 Å². The van der Waals surface area contributed by atoms with Crippen molar-refractivity contribution < 1.29 is 19.0 Å². The third-order valence-corrected chi connectivity index (χ3v) is 4.91. The Morgan fingerprint density at radius 3 is 2.37 bits per heavy atom. The molecule has 30 heavy (non-hydrogen) atoms. The number of nitrogens with one attached hydrogen (secondary N) is 1. The van der Waals surface area contributed by atoms with Crippen LogP contribution in [0.1, 0.15) is 23.1 Å². The fourth-order valence-electron chi connectivity index (χ4n) is 3.23. The summed E-state index contributed by atoms with van der Waals surface area (Å²) in [6, 6.07) is 23.7. The molecule has 1 aliphatic rings. The van der Waals surface area contributed by atoms with Crippen molar-refractivity contribution in [2.24, 2.45) is 0 Å². The first kappa shape index (κ1) is 19.8. The molecule has 0 radical (unpaired) electrons. The summed E-state index contributed by atoms with van der Waals surface area (Å²) in [5.74, 6) is 2.36. The molecule has 1 amide bonds. The maximum absolute atomic E-state index is 12.2. The molecule has 0 saturated heterocycles. The average molecular weight is 403 g/mol. The minimum Gasteiger partial charge on any atom is -0.489 e. The zero-order valence-corrected chi connectivity index (χ0v) is 16.8. The summed E-state index contributed by atoms with van der Waals surface area (Å²) < 4.78 is 16.9. The van der Waals surface area contributed by atoms with Crippen molar-refractivity contribution in [2.45, 2.75) is 26.0 Å². The number of aryl methyl sites for hydroxylation is 1. The van der Waals surface area contributed by atoms with Gasteiger partial charge in [-0.25, -0.2) is 0 Å². The van der Waals surface area contributed by atoms with E-state index in [1.54, 1.807) is 0 Å². The number of amides is 1. The van der Waals surface area contributed by atoms with Crippen molar-refractivity contribution in [2.75, 3.05) is 13.2 Å². The van der Waals surface area contributed by atoms with Crippen LogP contribution in [-0.2, 0) is 24.4 Å². The third-order valence-electron chi connectivity index (χ3n) is 4.91. The maximum atomic E-state index is 12.2. The van der Waals surface area contributed by atoms with E-state index in [9.17, 15) is 4.79 Å². The molecule has 0 unspecified atom stereocenters. The molecule has 0 bridgehead atoms. The summed E-state index contributed by atoms with van der Waals surface area (Å²) in [5, 5.41) is 2.97. The molecule has 154 valence electrons. The Morgan fingerprint density at radius 1 is 0.833 bits per heavy atom. The van der Waals surface area contributed by atoms with Crippen molar-refractivity contribution in [3.8, 4) is 17.2 Å². The summed E-state index contributed by atoms with van der Waals surface area (Å²) >= 11 is 0. The normalized spacial score (nSPS) is 12.3. The smallest absolute Gasteiger partial charge is 0.220 e. The van der Waals surface area contributed by atoms with Crippen molar-refractivity contribution in [3.63, 3.8) is 0 Å². The summed E-state index contributed by atoms with van der Waals surface area (Å²) in [6.45, 7) is 2.18. The Balaban J connectivity index is 1.20. The van der Waals surface area contributed by atoms with Crippen LogP contribution < -0.4 is 19.5 Å². The number of fused-ring (bicyclic) bond motifs is 1. The van der Waals surface area contributed by atoms with Crippen LogP contribution >= 0.6 is 0 Å². The predicted molar refractivity (Wildman–Crippen MR) is 115 cm³/mol. The van der Waals surface area contributed by atoms with Crippen LogP contribution in [0.2, 0.25) is 0 Å². The Labute approximate surface area is 176 Å². The first-order valence-electron chi connectivity index (χ1n) is 10.2. The predicted octanol–water partition coefficient (Wildman–Crippen LogP) is 4.29. The van der Waals surface area contributed by atoms with Crippen LogP contribution in [0.4, 0.5) is 0 Å². The van der Waals surface area contributed by atoms with E-state index in [1.807, 2.05) is 72.8 Å². The number of hydrogen-bond acceptors (Lipinski definition) is 4. The molecule has 1 aliphatic heterocycles. The third kappa shape index (κ3) is 5.54. The molecule has 3 aromatic carbocycles. The van der Waals surface area contributed by atoms with Gasteiger partial charge in [0.25, 0.3) is 0 Å². The van der Waals surface area contributed by atoms with Gasteiger partial charge in [-0.15, -0.1) is 0 Å². The zero-order chi connectivity index (χ0) is 20.6. The monoisotopic (exact) mass is 403 g/mol. The van der Waals surface area contributed by atoms with Crippen LogP contribution in [0.5, 0.6) is 17.2 Å². The van der Waals surface area contributed by atoms with Crippen molar-refractivity contribution in [3.05, 3.63) is 89.5 Å². The van der Waals surface area contributed by atoms with Gasteiger partial charge in [-0.1, -0.05) is 48.5 Å². The van der Waals surface area contributed by atoms with Gasteiger partial charge in [0, 0.05) is 13.0 Å². The van der Waals surface area contributed by atoms with Crippen molar-refractivity contribution >= 4 is 5.91 Å². The number of hydrogen-bond donors (Lipinski definition) is 1. The van der Waals surface area contributed by atoms with E-state index >= 15 is 0 Å². The first-order chi connectivity index (χ1) is 14.8. The highest BCUT2D eigenvalue weighted by Crippen LogP contribution is 2.31. The van der Waals surface area contributed by atoms with Crippen LogP contribution in [-0.4, -0.2) is 19.1 Å². The minimum absolute atomic E-state index is 0.0225. The van der Waals surface area contributed by atoms with Gasteiger partial charge in [0.1, 0.15) is 25.6 Å². The van der Waals surface area contributed by atoms with Crippen LogP contribution in [0.15, 0.2) is 72.8 Å². The molecule has 5 nitrogen and oxygen atoms in total. The Morgan fingerprint density at radius 2 is 1.57 bits per heavy atom. The Bertz CT molecular complexity index is 970. The Hall–Kier alpha value is -3.47. The van der Waals surface area contributed by atoms with E-state index in [2.05, 4.69) is 5.32 Å². The molecule has 0 aliphatic carbocycles. The number of ether oxygens (including phenoxy) is 3. The molecule has 3 aromatic rings. The molecule has 0 saturated carbocycles. The lowest BCUT2D eigenvalue weighted by molar-refractivity contribution is -0.121. The summed E-state index contributed by atoms with van der Waals surface area (Å²) in [4.78, 5) is 12.2. The number of carbonyl (C=O) groups excluding carboxylic acids is 1. The van der Waals surface area contributed by atoms with Crippen molar-refractivity contribution in [1.29, 1.82) is 0 Å². The van der Waals surface area contributed by atoms with Gasteiger partial charge in [0.2, 0.25) is 5.91 Å². The molecule has 5 heteroatoms. The van der Waals surface area contributed by atoms with E-state index in [0.717, 1.165) is 33.9 Å². The van der Waals surface area contributed by atoms with Crippen LogP contribution in [0.3, 0.4) is 0 Å². The van der Waals surface area contributed by atoms with Gasteiger partial charge in [0.15, 0.2) is 11.5 Å². The molecule has 1 heterocycles. The van der Waals surface area contributed by atoms with Gasteiger partial charge in [-0.05, 0) is 47.4 Å². The van der Waals surface area contributed by atoms with E-state index in [1.165, 1.54) is 0 Å². The summed E-state index contributed by atoms with van der Waals surface area (Å²) in [6.07, 6.45) is 1.09. The lowest BCUT2D eigenvalue weighted by Crippen LogP contribution is -2.23. The second kappa shape index (κ2) is 9.83. The summed E-state index contributed by atoms with van der Waals surface area (Å²) in [5.41, 5.74) is 3.23. The lowest BCUT2D eigenvalue weighted by Gasteiger charge is -2.18. The van der Waals surface area contributed by atoms with Crippen molar-refractivity contribution in [1.82, 2.24) is 5.32 Å².